The Morgan fingerprint density at radius 3 is 2.14 bits per heavy atom. The van der Waals surface area contributed by atoms with E-state index in [1.165, 1.54) is 14.2 Å². The van der Waals surface area contributed by atoms with Crippen LogP contribution in [-0.4, -0.2) is 32.7 Å². The van der Waals surface area contributed by atoms with Crippen LogP contribution in [0.15, 0.2) is 11.3 Å². The quantitative estimate of drug-likeness (QED) is 0.293. The van der Waals surface area contributed by atoms with Gasteiger partial charge in [-0.1, -0.05) is 0 Å². The Kier molecular flexibility index (Phi) is 3.50. The van der Waals surface area contributed by atoms with Crippen molar-refractivity contribution in [3.05, 3.63) is 11.3 Å². The number of ether oxygens (including phenoxy) is 2. The first-order valence-electron chi connectivity index (χ1n) is 4.34. The average molecular weight is 199 g/mol. The molecule has 0 aromatic carbocycles. The molecule has 0 radical (unpaired) electrons. The Hall–Kier alpha value is -1.52. The molecule has 0 aromatic rings. The zero-order valence-corrected chi connectivity index (χ0v) is 8.25. The fourth-order valence-electron chi connectivity index (χ4n) is 1.34. The number of hydrogen-bond donors (Lipinski definition) is 1. The van der Waals surface area contributed by atoms with E-state index >= 15 is 0 Å². The smallest absolute Gasteiger partial charge is 0.347 e. The van der Waals surface area contributed by atoms with Gasteiger partial charge in [0.2, 0.25) is 0 Å². The van der Waals surface area contributed by atoms with Crippen molar-refractivity contribution in [2.24, 2.45) is 0 Å². The first-order valence-corrected chi connectivity index (χ1v) is 4.34. The molecule has 5 heteroatoms. The molecule has 1 aliphatic heterocycles. The third-order valence-corrected chi connectivity index (χ3v) is 2.02. The summed E-state index contributed by atoms with van der Waals surface area (Å²) in [5, 5.41) is 2.97. The summed E-state index contributed by atoms with van der Waals surface area (Å²) in [4.78, 5) is 22.6. The molecule has 1 heterocycles. The monoisotopic (exact) mass is 199 g/mol. The predicted octanol–water partition coefficient (Wildman–Crippen LogP) is -0.0301. The van der Waals surface area contributed by atoms with Crippen molar-refractivity contribution in [3.8, 4) is 0 Å². The largest absolute Gasteiger partial charge is 0.465 e. The van der Waals surface area contributed by atoms with Gasteiger partial charge in [-0.3, -0.25) is 0 Å². The maximum absolute atomic E-state index is 11.3. The molecule has 0 saturated carbocycles. The Balaban J connectivity index is 2.97. The number of nitrogens with one attached hydrogen (secondary N) is 1. The number of allylic oxidation sites excluding steroid dienone is 1. The summed E-state index contributed by atoms with van der Waals surface area (Å²) < 4.78 is 9.02. The van der Waals surface area contributed by atoms with Gasteiger partial charge in [-0.05, 0) is 12.8 Å². The summed E-state index contributed by atoms with van der Waals surface area (Å²) in [5.41, 5.74) is 0.594. The van der Waals surface area contributed by atoms with E-state index in [2.05, 4.69) is 14.8 Å². The van der Waals surface area contributed by atoms with Crippen molar-refractivity contribution in [2.45, 2.75) is 12.8 Å². The van der Waals surface area contributed by atoms with E-state index in [1.54, 1.807) is 0 Å². The highest BCUT2D eigenvalue weighted by molar-refractivity contribution is 6.14. The molecular formula is C9H13NO4. The van der Waals surface area contributed by atoms with Crippen LogP contribution in [0, 0.1) is 0 Å². The number of rotatable bonds is 2. The highest BCUT2D eigenvalue weighted by atomic mass is 16.5. The lowest BCUT2D eigenvalue weighted by atomic mass is 10.1. The van der Waals surface area contributed by atoms with Crippen LogP contribution >= 0.6 is 0 Å². The maximum Gasteiger partial charge on any atom is 0.347 e. The third kappa shape index (κ3) is 2.04. The average Bonchev–Trinajstić information content (AvgIpc) is 2.70. The molecule has 0 atom stereocenters. The van der Waals surface area contributed by atoms with E-state index < -0.39 is 11.9 Å². The van der Waals surface area contributed by atoms with E-state index in [-0.39, 0.29) is 5.57 Å². The molecule has 1 N–H and O–H groups in total. The summed E-state index contributed by atoms with van der Waals surface area (Å²) >= 11 is 0. The maximum atomic E-state index is 11.3. The normalized spacial score (nSPS) is 14.6. The van der Waals surface area contributed by atoms with Gasteiger partial charge in [0.05, 0.1) is 14.2 Å². The molecule has 0 aromatic heterocycles. The standard InChI is InChI=1S/C9H13NO4/c1-13-8(11)7(9(12)14-2)6-4-3-5-10-6/h10H,3-5H2,1-2H3. The Bertz CT molecular complexity index is 257. The van der Waals surface area contributed by atoms with Crippen LogP contribution in [-0.2, 0) is 19.1 Å². The fraction of sp³-hybridized carbons (Fsp3) is 0.556. The van der Waals surface area contributed by atoms with Crippen molar-refractivity contribution in [1.82, 2.24) is 5.32 Å². The zero-order valence-electron chi connectivity index (χ0n) is 8.25. The molecule has 0 bridgehead atoms. The molecule has 0 spiro atoms. The van der Waals surface area contributed by atoms with Crippen LogP contribution in [0.3, 0.4) is 0 Å². The molecule has 0 unspecified atom stereocenters. The van der Waals surface area contributed by atoms with Gasteiger partial charge in [-0.2, -0.15) is 0 Å². The van der Waals surface area contributed by atoms with E-state index in [9.17, 15) is 9.59 Å². The Labute approximate surface area is 82.1 Å². The number of carbonyl (C=O) groups excluding carboxylic acids is 2. The minimum Gasteiger partial charge on any atom is -0.465 e. The number of hydrogen-bond acceptors (Lipinski definition) is 5. The van der Waals surface area contributed by atoms with Crippen LogP contribution < -0.4 is 5.32 Å². The van der Waals surface area contributed by atoms with Crippen molar-refractivity contribution >= 4 is 11.9 Å². The number of carbonyl (C=O) groups is 2. The summed E-state index contributed by atoms with van der Waals surface area (Å²) in [7, 11) is 2.47. The molecule has 1 fully saturated rings. The molecule has 78 valence electrons. The summed E-state index contributed by atoms with van der Waals surface area (Å²) in [6.07, 6.45) is 1.59. The van der Waals surface area contributed by atoms with Gasteiger partial charge in [0.1, 0.15) is 0 Å². The third-order valence-electron chi connectivity index (χ3n) is 2.02. The molecule has 0 amide bonds. The van der Waals surface area contributed by atoms with E-state index in [4.69, 9.17) is 0 Å². The molecular weight excluding hydrogens is 186 g/mol. The lowest BCUT2D eigenvalue weighted by Crippen LogP contribution is -2.21. The topological polar surface area (TPSA) is 64.6 Å². The Morgan fingerprint density at radius 2 is 1.79 bits per heavy atom. The van der Waals surface area contributed by atoms with Gasteiger partial charge < -0.3 is 14.8 Å². The first-order chi connectivity index (χ1) is 6.70. The summed E-state index contributed by atoms with van der Waals surface area (Å²) in [6, 6.07) is 0. The van der Waals surface area contributed by atoms with Crippen LogP contribution in [0.4, 0.5) is 0 Å². The van der Waals surface area contributed by atoms with Crippen molar-refractivity contribution in [3.63, 3.8) is 0 Å². The molecule has 1 saturated heterocycles. The van der Waals surface area contributed by atoms with Gasteiger partial charge in [0.25, 0.3) is 0 Å². The second-order valence-electron chi connectivity index (χ2n) is 2.87. The van der Waals surface area contributed by atoms with E-state index in [1.807, 2.05) is 0 Å². The second-order valence-corrected chi connectivity index (χ2v) is 2.87. The zero-order chi connectivity index (χ0) is 10.6. The van der Waals surface area contributed by atoms with Gasteiger partial charge in [0, 0.05) is 12.2 Å². The first kappa shape index (κ1) is 10.6. The van der Waals surface area contributed by atoms with Gasteiger partial charge in [0.15, 0.2) is 5.57 Å². The molecule has 5 nitrogen and oxygen atoms in total. The molecule has 1 aliphatic rings. The van der Waals surface area contributed by atoms with Gasteiger partial charge in [-0.15, -0.1) is 0 Å². The highest BCUT2D eigenvalue weighted by Crippen LogP contribution is 2.16. The minimum atomic E-state index is -0.652. The molecule has 1 rings (SSSR count). The molecule has 14 heavy (non-hydrogen) atoms. The van der Waals surface area contributed by atoms with Crippen molar-refractivity contribution < 1.29 is 19.1 Å². The SMILES string of the molecule is COC(=O)C(C(=O)OC)=C1CCCN1. The minimum absolute atomic E-state index is 0.0208. The summed E-state index contributed by atoms with van der Waals surface area (Å²) in [5.74, 6) is -1.30. The van der Waals surface area contributed by atoms with Crippen LogP contribution in [0.1, 0.15) is 12.8 Å². The van der Waals surface area contributed by atoms with Crippen LogP contribution in [0.25, 0.3) is 0 Å². The fourth-order valence-corrected chi connectivity index (χ4v) is 1.34. The van der Waals surface area contributed by atoms with Crippen LogP contribution in [0.5, 0.6) is 0 Å². The number of methoxy groups -OCH3 is 2. The predicted molar refractivity (Wildman–Crippen MR) is 48.3 cm³/mol. The van der Waals surface area contributed by atoms with Gasteiger partial charge >= 0.3 is 11.9 Å². The second kappa shape index (κ2) is 4.64. The Morgan fingerprint density at radius 1 is 1.21 bits per heavy atom. The van der Waals surface area contributed by atoms with E-state index in [0.29, 0.717) is 12.1 Å². The van der Waals surface area contributed by atoms with Crippen LogP contribution in [0.2, 0.25) is 0 Å². The van der Waals surface area contributed by atoms with E-state index in [0.717, 1.165) is 13.0 Å². The highest BCUT2D eigenvalue weighted by Gasteiger charge is 2.26. The van der Waals surface area contributed by atoms with Crippen molar-refractivity contribution in [1.29, 1.82) is 0 Å². The number of esters is 2. The lowest BCUT2D eigenvalue weighted by Gasteiger charge is -2.07. The lowest BCUT2D eigenvalue weighted by molar-refractivity contribution is -0.144. The van der Waals surface area contributed by atoms with Crippen molar-refractivity contribution in [2.75, 3.05) is 20.8 Å². The summed E-state index contributed by atoms with van der Waals surface area (Å²) in [6.45, 7) is 0.771. The van der Waals surface area contributed by atoms with Gasteiger partial charge in [-0.25, -0.2) is 9.59 Å². The molecule has 0 aliphatic carbocycles.